The molecule has 0 aromatic carbocycles. The van der Waals surface area contributed by atoms with Crippen molar-refractivity contribution in [1.82, 2.24) is 10.6 Å². The summed E-state index contributed by atoms with van der Waals surface area (Å²) in [5.74, 6) is -3.39. The molecule has 4 N–H and O–H groups in total. The minimum atomic E-state index is -1.20. The van der Waals surface area contributed by atoms with Crippen LogP contribution in [0.4, 0.5) is 0 Å². The molecule has 2 amide bonds. The normalized spacial score (nSPS) is 10.6. The second-order valence-corrected chi connectivity index (χ2v) is 3.63. The van der Waals surface area contributed by atoms with Gasteiger partial charge >= 0.3 is 11.9 Å². The largest absolute Gasteiger partial charge is 0.478 e. The van der Waals surface area contributed by atoms with Crippen molar-refractivity contribution in [2.75, 3.05) is 13.1 Å². The summed E-state index contributed by atoms with van der Waals surface area (Å²) in [6.45, 7) is 0.702. The number of carbonyl (C=O) groups is 4. The van der Waals surface area contributed by atoms with Gasteiger partial charge in [0, 0.05) is 37.4 Å². The van der Waals surface area contributed by atoms with Crippen molar-refractivity contribution in [2.45, 2.75) is 12.8 Å². The number of nitrogens with one attached hydrogen (secondary N) is 2. The van der Waals surface area contributed by atoms with Crippen LogP contribution in [0.15, 0.2) is 24.3 Å². The molecule has 110 valence electrons. The fourth-order valence-corrected chi connectivity index (χ4v) is 1.08. The first-order valence-corrected chi connectivity index (χ1v) is 5.79. The Morgan fingerprint density at radius 2 is 1.05 bits per heavy atom. The van der Waals surface area contributed by atoms with Crippen molar-refractivity contribution in [3.63, 3.8) is 0 Å². The third-order valence-electron chi connectivity index (χ3n) is 1.96. The molecule has 8 heteroatoms. The number of amides is 2. The fraction of sp³-hybridized carbons (Fsp3) is 0.333. The van der Waals surface area contributed by atoms with Gasteiger partial charge in [-0.25, -0.2) is 9.59 Å². The van der Waals surface area contributed by atoms with Crippen molar-refractivity contribution in [2.24, 2.45) is 0 Å². The first-order chi connectivity index (χ1) is 9.41. The van der Waals surface area contributed by atoms with Gasteiger partial charge < -0.3 is 20.8 Å². The Morgan fingerprint density at radius 3 is 1.35 bits per heavy atom. The van der Waals surface area contributed by atoms with Gasteiger partial charge in [-0.1, -0.05) is 0 Å². The summed E-state index contributed by atoms with van der Waals surface area (Å²) >= 11 is 0. The Labute approximate surface area is 115 Å². The maximum Gasteiger partial charge on any atom is 0.328 e. The van der Waals surface area contributed by atoms with Crippen LogP contribution in [-0.2, 0) is 19.2 Å². The van der Waals surface area contributed by atoms with Crippen LogP contribution in [0.2, 0.25) is 0 Å². The average molecular weight is 284 g/mol. The monoisotopic (exact) mass is 284 g/mol. The summed E-state index contributed by atoms with van der Waals surface area (Å²) < 4.78 is 0. The first-order valence-electron chi connectivity index (χ1n) is 5.79. The molecule has 0 radical (unpaired) electrons. The number of rotatable bonds is 9. The maximum absolute atomic E-state index is 11.0. The minimum absolute atomic E-state index is 0.351. The molecule has 0 heterocycles. The summed E-state index contributed by atoms with van der Waals surface area (Å²) in [7, 11) is 0. The molecular formula is C12H16N2O6. The number of carbonyl (C=O) groups excluding carboxylic acids is 2. The van der Waals surface area contributed by atoms with E-state index in [1.807, 2.05) is 0 Å². The van der Waals surface area contributed by atoms with Gasteiger partial charge in [0.15, 0.2) is 0 Å². The highest BCUT2D eigenvalue weighted by Crippen LogP contribution is 1.86. The highest BCUT2D eigenvalue weighted by Gasteiger charge is 1.98. The van der Waals surface area contributed by atoms with Crippen LogP contribution < -0.4 is 10.6 Å². The van der Waals surface area contributed by atoms with Gasteiger partial charge in [-0.15, -0.1) is 0 Å². The summed E-state index contributed by atoms with van der Waals surface area (Å²) in [6.07, 6.45) is 4.50. The third kappa shape index (κ3) is 11.8. The number of aliphatic carboxylic acids is 2. The lowest BCUT2D eigenvalue weighted by atomic mass is 10.3. The molecule has 0 aromatic rings. The van der Waals surface area contributed by atoms with Crippen LogP contribution in [0.5, 0.6) is 0 Å². The molecule has 0 saturated carbocycles. The number of unbranched alkanes of at least 4 members (excludes halogenated alkanes) is 1. The predicted octanol–water partition coefficient (Wildman–Crippen LogP) is -0.719. The number of hydrogen-bond acceptors (Lipinski definition) is 4. The zero-order valence-corrected chi connectivity index (χ0v) is 10.7. The smallest absolute Gasteiger partial charge is 0.328 e. The van der Waals surface area contributed by atoms with E-state index in [-0.39, 0.29) is 0 Å². The van der Waals surface area contributed by atoms with Crippen LogP contribution in [0, 0.1) is 0 Å². The van der Waals surface area contributed by atoms with Gasteiger partial charge in [0.2, 0.25) is 11.8 Å². The average Bonchev–Trinajstić information content (AvgIpc) is 2.37. The van der Waals surface area contributed by atoms with Crippen LogP contribution in [-0.4, -0.2) is 47.1 Å². The molecular weight excluding hydrogens is 268 g/mol. The summed E-state index contributed by atoms with van der Waals surface area (Å²) in [4.78, 5) is 42.3. The highest BCUT2D eigenvalue weighted by atomic mass is 16.4. The van der Waals surface area contributed by atoms with E-state index in [4.69, 9.17) is 10.2 Å². The van der Waals surface area contributed by atoms with Crippen LogP contribution >= 0.6 is 0 Å². The summed E-state index contributed by atoms with van der Waals surface area (Å²) in [5.41, 5.74) is 0. The van der Waals surface area contributed by atoms with E-state index >= 15 is 0 Å². The van der Waals surface area contributed by atoms with Crippen molar-refractivity contribution in [3.8, 4) is 0 Å². The molecule has 0 aliphatic carbocycles. The van der Waals surface area contributed by atoms with E-state index in [1.54, 1.807) is 0 Å². The Kier molecular flexibility index (Phi) is 8.94. The molecule has 0 aliphatic heterocycles. The molecule has 0 bridgehead atoms. The lowest BCUT2D eigenvalue weighted by Crippen LogP contribution is -2.25. The Morgan fingerprint density at radius 1 is 0.700 bits per heavy atom. The van der Waals surface area contributed by atoms with Crippen molar-refractivity contribution in [1.29, 1.82) is 0 Å². The Hall–Kier alpha value is -2.64. The molecule has 0 rings (SSSR count). The Bertz CT molecular complexity index is 388. The molecule has 0 fully saturated rings. The predicted molar refractivity (Wildman–Crippen MR) is 68.8 cm³/mol. The third-order valence-corrected chi connectivity index (χ3v) is 1.96. The van der Waals surface area contributed by atoms with Crippen LogP contribution in [0.1, 0.15) is 12.8 Å². The Balaban J connectivity index is 3.58. The van der Waals surface area contributed by atoms with E-state index < -0.39 is 23.8 Å². The quantitative estimate of drug-likeness (QED) is 0.326. The van der Waals surface area contributed by atoms with Gasteiger partial charge in [-0.05, 0) is 12.8 Å². The number of carboxylic acids is 2. The molecule has 20 heavy (non-hydrogen) atoms. The topological polar surface area (TPSA) is 133 Å². The number of hydrogen-bond donors (Lipinski definition) is 4. The van der Waals surface area contributed by atoms with E-state index in [9.17, 15) is 19.2 Å². The second kappa shape index (κ2) is 10.3. The second-order valence-electron chi connectivity index (χ2n) is 3.63. The molecule has 0 spiro atoms. The van der Waals surface area contributed by atoms with E-state index in [2.05, 4.69) is 10.6 Å². The highest BCUT2D eigenvalue weighted by molar-refractivity contribution is 5.94. The van der Waals surface area contributed by atoms with Crippen molar-refractivity contribution < 1.29 is 29.4 Å². The van der Waals surface area contributed by atoms with Gasteiger partial charge in [-0.3, -0.25) is 9.59 Å². The molecule has 8 nitrogen and oxygen atoms in total. The molecule has 0 atom stereocenters. The zero-order valence-electron chi connectivity index (χ0n) is 10.7. The lowest BCUT2D eigenvalue weighted by molar-refractivity contribution is -0.132. The summed E-state index contributed by atoms with van der Waals surface area (Å²) in [5, 5.41) is 21.5. The minimum Gasteiger partial charge on any atom is -0.478 e. The first kappa shape index (κ1) is 17.4. The van der Waals surface area contributed by atoms with Crippen LogP contribution in [0.3, 0.4) is 0 Å². The van der Waals surface area contributed by atoms with E-state index in [0.29, 0.717) is 25.9 Å². The SMILES string of the molecule is O=C(O)/C=C\C(=O)NCCCCNC(=O)/C=C/C(=O)O. The van der Waals surface area contributed by atoms with Crippen molar-refractivity contribution >= 4 is 23.8 Å². The standard InChI is InChI=1S/C12H16N2O6/c15-9(3-5-11(17)18)13-7-1-2-8-14-10(16)4-6-12(19)20/h3-6H,1-2,7-8H2,(H,13,15)(H,14,16)(H,17,18)(H,19,20)/b5-3-,6-4+. The van der Waals surface area contributed by atoms with E-state index in [1.165, 1.54) is 0 Å². The van der Waals surface area contributed by atoms with Crippen LogP contribution in [0.25, 0.3) is 0 Å². The van der Waals surface area contributed by atoms with Crippen molar-refractivity contribution in [3.05, 3.63) is 24.3 Å². The van der Waals surface area contributed by atoms with Gasteiger partial charge in [0.25, 0.3) is 0 Å². The van der Waals surface area contributed by atoms with Gasteiger partial charge in [-0.2, -0.15) is 0 Å². The van der Waals surface area contributed by atoms with Gasteiger partial charge in [0.05, 0.1) is 0 Å². The number of carboxylic acid groups (broad SMARTS) is 2. The molecule has 0 aliphatic rings. The molecule has 0 unspecified atom stereocenters. The molecule has 0 aromatic heterocycles. The lowest BCUT2D eigenvalue weighted by Gasteiger charge is -2.03. The zero-order chi connectivity index (χ0) is 15.4. The fourth-order valence-electron chi connectivity index (χ4n) is 1.08. The van der Waals surface area contributed by atoms with E-state index in [0.717, 1.165) is 24.3 Å². The summed E-state index contributed by atoms with van der Waals surface area (Å²) in [6, 6.07) is 0. The molecule has 0 saturated heterocycles. The van der Waals surface area contributed by atoms with Gasteiger partial charge in [0.1, 0.15) is 0 Å². The maximum atomic E-state index is 11.0.